The summed E-state index contributed by atoms with van der Waals surface area (Å²) in [5, 5.41) is 0. The van der Waals surface area contributed by atoms with E-state index in [0.717, 1.165) is 6.54 Å². The van der Waals surface area contributed by atoms with Crippen LogP contribution < -0.4 is 10.6 Å². The number of nitrogen functional groups attached to an aromatic ring is 1. The lowest BCUT2D eigenvalue weighted by Crippen LogP contribution is -2.25. The third kappa shape index (κ3) is 4.56. The summed E-state index contributed by atoms with van der Waals surface area (Å²) in [7, 11) is 5.84. The summed E-state index contributed by atoms with van der Waals surface area (Å²) < 4.78 is 0. The Labute approximate surface area is 142 Å². The minimum atomic E-state index is 0.0410. The number of thioether (sulfide) groups is 1. The van der Waals surface area contributed by atoms with Crippen molar-refractivity contribution in [1.29, 1.82) is 0 Å². The van der Waals surface area contributed by atoms with Crippen LogP contribution in [0.15, 0.2) is 29.2 Å². The van der Waals surface area contributed by atoms with Crippen LogP contribution in [0.25, 0.3) is 0 Å². The summed E-state index contributed by atoms with van der Waals surface area (Å²) in [6, 6.07) is 8.64. The van der Waals surface area contributed by atoms with Gasteiger partial charge in [-0.3, -0.25) is 4.90 Å². The molecule has 0 saturated heterocycles. The van der Waals surface area contributed by atoms with E-state index in [0.29, 0.717) is 11.8 Å². The molecule has 0 aliphatic rings. The van der Waals surface area contributed by atoms with Gasteiger partial charge in [-0.15, -0.1) is 11.8 Å². The standard InChI is InChI=1S/C16H24N6S/c1-11(14-18-15(17)20-16(19-14)21(2)3)22(4)10-12-6-8-13(23-5)9-7-12/h6-9,11H,10H2,1-5H3,(H2,17,18,19,20)/t11-/m0/s1. The van der Waals surface area contributed by atoms with Crippen LogP contribution in [0, 0.1) is 0 Å². The number of hydrogen-bond donors (Lipinski definition) is 1. The van der Waals surface area contributed by atoms with Crippen LogP contribution in [0.1, 0.15) is 24.4 Å². The van der Waals surface area contributed by atoms with E-state index >= 15 is 0 Å². The first-order chi connectivity index (χ1) is 10.9. The zero-order valence-corrected chi connectivity index (χ0v) is 15.1. The summed E-state index contributed by atoms with van der Waals surface area (Å²) in [5.41, 5.74) is 7.07. The van der Waals surface area contributed by atoms with Crippen molar-refractivity contribution >= 4 is 23.7 Å². The highest BCUT2D eigenvalue weighted by Gasteiger charge is 2.17. The average Bonchev–Trinajstić information content (AvgIpc) is 2.54. The van der Waals surface area contributed by atoms with Crippen LogP contribution in [0.2, 0.25) is 0 Å². The van der Waals surface area contributed by atoms with Crippen molar-refractivity contribution in [3.63, 3.8) is 0 Å². The van der Waals surface area contributed by atoms with E-state index in [1.54, 1.807) is 11.8 Å². The molecular weight excluding hydrogens is 308 g/mol. The maximum atomic E-state index is 5.81. The molecule has 0 aliphatic carbocycles. The summed E-state index contributed by atoms with van der Waals surface area (Å²) >= 11 is 1.75. The molecule has 0 bridgehead atoms. The van der Waals surface area contributed by atoms with E-state index in [1.165, 1.54) is 10.5 Å². The summed E-state index contributed by atoms with van der Waals surface area (Å²) in [5.74, 6) is 1.52. The van der Waals surface area contributed by atoms with Gasteiger partial charge in [-0.1, -0.05) is 12.1 Å². The Kier molecular flexibility index (Phi) is 5.79. The molecule has 23 heavy (non-hydrogen) atoms. The van der Waals surface area contributed by atoms with Gasteiger partial charge in [0.15, 0.2) is 5.82 Å². The molecule has 1 atom stereocenters. The van der Waals surface area contributed by atoms with Crippen molar-refractivity contribution in [3.05, 3.63) is 35.7 Å². The van der Waals surface area contributed by atoms with Gasteiger partial charge in [-0.05, 0) is 37.9 Å². The second kappa shape index (κ2) is 7.61. The minimum absolute atomic E-state index is 0.0410. The summed E-state index contributed by atoms with van der Waals surface area (Å²) in [6.07, 6.45) is 2.08. The molecule has 1 aromatic heterocycles. The topological polar surface area (TPSA) is 71.2 Å². The first kappa shape index (κ1) is 17.5. The first-order valence-electron chi connectivity index (χ1n) is 7.42. The predicted octanol–water partition coefficient (Wildman–Crippen LogP) is 2.43. The molecule has 2 aromatic rings. The fourth-order valence-corrected chi connectivity index (χ4v) is 2.55. The molecule has 1 aromatic carbocycles. The fraction of sp³-hybridized carbons (Fsp3) is 0.438. The smallest absolute Gasteiger partial charge is 0.229 e. The molecule has 0 saturated carbocycles. The highest BCUT2D eigenvalue weighted by atomic mass is 32.2. The molecule has 0 amide bonds. The van der Waals surface area contributed by atoms with Gasteiger partial charge in [0.1, 0.15) is 0 Å². The first-order valence-corrected chi connectivity index (χ1v) is 8.65. The van der Waals surface area contributed by atoms with Crippen molar-refractivity contribution in [2.45, 2.75) is 24.4 Å². The molecule has 6 nitrogen and oxygen atoms in total. The van der Waals surface area contributed by atoms with E-state index in [4.69, 9.17) is 5.73 Å². The van der Waals surface area contributed by atoms with Crippen molar-refractivity contribution in [2.75, 3.05) is 38.0 Å². The van der Waals surface area contributed by atoms with Gasteiger partial charge in [0, 0.05) is 25.5 Å². The van der Waals surface area contributed by atoms with Gasteiger partial charge in [0.25, 0.3) is 0 Å². The Balaban J connectivity index is 2.13. The lowest BCUT2D eigenvalue weighted by molar-refractivity contribution is 0.243. The molecule has 2 rings (SSSR count). The second-order valence-electron chi connectivity index (χ2n) is 5.69. The number of nitrogens with two attached hydrogens (primary N) is 1. The van der Waals surface area contributed by atoms with Gasteiger partial charge >= 0.3 is 0 Å². The van der Waals surface area contributed by atoms with Gasteiger partial charge < -0.3 is 10.6 Å². The maximum absolute atomic E-state index is 5.81. The Bertz CT molecular complexity index is 644. The molecule has 0 fully saturated rings. The van der Waals surface area contributed by atoms with Gasteiger partial charge in [-0.25, -0.2) is 0 Å². The monoisotopic (exact) mass is 332 g/mol. The normalized spacial score (nSPS) is 12.4. The highest BCUT2D eigenvalue weighted by molar-refractivity contribution is 7.98. The molecule has 0 radical (unpaired) electrons. The van der Waals surface area contributed by atoms with E-state index in [1.807, 2.05) is 19.0 Å². The number of aromatic nitrogens is 3. The van der Waals surface area contributed by atoms with Gasteiger partial charge in [-0.2, -0.15) is 15.0 Å². The van der Waals surface area contributed by atoms with Crippen LogP contribution in [-0.4, -0.2) is 47.3 Å². The molecule has 0 aliphatic heterocycles. The van der Waals surface area contributed by atoms with Crippen LogP contribution in [0.3, 0.4) is 0 Å². The van der Waals surface area contributed by atoms with Gasteiger partial charge in [0.2, 0.25) is 11.9 Å². The lowest BCUT2D eigenvalue weighted by Gasteiger charge is -2.24. The number of nitrogens with zero attached hydrogens (tertiary/aromatic N) is 5. The van der Waals surface area contributed by atoms with Crippen molar-refractivity contribution in [1.82, 2.24) is 19.9 Å². The van der Waals surface area contributed by atoms with Crippen LogP contribution in [-0.2, 0) is 6.54 Å². The number of hydrogen-bond acceptors (Lipinski definition) is 7. The van der Waals surface area contributed by atoms with Crippen LogP contribution >= 0.6 is 11.8 Å². The SMILES string of the molecule is CSc1ccc(CN(C)[C@@H](C)c2nc(N)nc(N(C)C)n2)cc1. The molecule has 2 N–H and O–H groups in total. The molecule has 0 spiro atoms. The Hall–Kier alpha value is -1.86. The highest BCUT2D eigenvalue weighted by Crippen LogP contribution is 2.21. The zero-order chi connectivity index (χ0) is 17.0. The van der Waals surface area contributed by atoms with Crippen LogP contribution in [0.5, 0.6) is 0 Å². The largest absolute Gasteiger partial charge is 0.368 e. The lowest BCUT2D eigenvalue weighted by atomic mass is 10.2. The predicted molar refractivity (Wildman–Crippen MR) is 96.7 cm³/mol. The second-order valence-corrected chi connectivity index (χ2v) is 6.57. The van der Waals surface area contributed by atoms with E-state index < -0.39 is 0 Å². The molecule has 0 unspecified atom stereocenters. The zero-order valence-electron chi connectivity index (χ0n) is 14.3. The molecule has 7 heteroatoms. The summed E-state index contributed by atoms with van der Waals surface area (Å²) in [4.78, 5) is 18.2. The van der Waals surface area contributed by atoms with Crippen molar-refractivity contribution in [2.24, 2.45) is 0 Å². The van der Waals surface area contributed by atoms with Crippen LogP contribution in [0.4, 0.5) is 11.9 Å². The molecule has 124 valence electrons. The maximum Gasteiger partial charge on any atom is 0.229 e. The Morgan fingerprint density at radius 3 is 2.30 bits per heavy atom. The third-order valence-corrected chi connectivity index (χ3v) is 4.43. The Morgan fingerprint density at radius 2 is 1.74 bits per heavy atom. The van der Waals surface area contributed by atoms with Crippen molar-refractivity contribution < 1.29 is 0 Å². The quantitative estimate of drug-likeness (QED) is 0.815. The fourth-order valence-electron chi connectivity index (χ4n) is 2.14. The average molecular weight is 332 g/mol. The van der Waals surface area contributed by atoms with E-state index in [9.17, 15) is 0 Å². The number of benzene rings is 1. The van der Waals surface area contributed by atoms with E-state index in [2.05, 4.69) is 64.3 Å². The third-order valence-electron chi connectivity index (χ3n) is 3.68. The number of anilines is 2. The summed E-state index contributed by atoms with van der Waals surface area (Å²) in [6.45, 7) is 2.89. The van der Waals surface area contributed by atoms with Gasteiger partial charge in [0.05, 0.1) is 6.04 Å². The van der Waals surface area contributed by atoms with Crippen molar-refractivity contribution in [3.8, 4) is 0 Å². The number of rotatable bonds is 6. The molecule has 1 heterocycles. The minimum Gasteiger partial charge on any atom is -0.368 e. The van der Waals surface area contributed by atoms with E-state index in [-0.39, 0.29) is 12.0 Å². The molecular formula is C16H24N6S. The Morgan fingerprint density at radius 1 is 1.09 bits per heavy atom.